The van der Waals surface area contributed by atoms with Crippen LogP contribution in [0.2, 0.25) is 0 Å². The Morgan fingerprint density at radius 2 is 1.67 bits per heavy atom. The summed E-state index contributed by atoms with van der Waals surface area (Å²) in [5.41, 5.74) is 0.690. The van der Waals surface area contributed by atoms with Crippen molar-refractivity contribution in [2.75, 3.05) is 6.54 Å². The van der Waals surface area contributed by atoms with Crippen molar-refractivity contribution in [1.82, 2.24) is 10.0 Å². The maximum Gasteiger partial charge on any atom is 0.241 e. The SMILES string of the molecule is CC(C)NCCCc1ccc(S(=O)(=O)NC(C)(C)C)cc1. The van der Waals surface area contributed by atoms with Crippen LogP contribution >= 0.6 is 0 Å². The first-order valence-corrected chi connectivity index (χ1v) is 8.95. The molecule has 0 heterocycles. The van der Waals surface area contributed by atoms with Crippen molar-refractivity contribution in [3.05, 3.63) is 29.8 Å². The summed E-state index contributed by atoms with van der Waals surface area (Å²) < 4.78 is 27.0. The molecule has 0 unspecified atom stereocenters. The summed E-state index contributed by atoms with van der Waals surface area (Å²) in [4.78, 5) is 0.321. The Balaban J connectivity index is 2.61. The van der Waals surface area contributed by atoms with Crippen LogP contribution in [0.3, 0.4) is 0 Å². The molecule has 21 heavy (non-hydrogen) atoms. The third-order valence-corrected chi connectivity index (χ3v) is 4.64. The molecule has 0 fully saturated rings. The highest BCUT2D eigenvalue weighted by Gasteiger charge is 2.21. The Labute approximate surface area is 129 Å². The molecule has 5 heteroatoms. The lowest BCUT2D eigenvalue weighted by molar-refractivity contribution is 0.491. The van der Waals surface area contributed by atoms with Gasteiger partial charge in [0.2, 0.25) is 10.0 Å². The van der Waals surface area contributed by atoms with Gasteiger partial charge in [0.05, 0.1) is 4.90 Å². The monoisotopic (exact) mass is 312 g/mol. The molecule has 0 saturated carbocycles. The predicted molar refractivity (Wildman–Crippen MR) is 88.0 cm³/mol. The first-order chi connectivity index (χ1) is 9.60. The molecule has 2 N–H and O–H groups in total. The maximum absolute atomic E-state index is 12.2. The van der Waals surface area contributed by atoms with Gasteiger partial charge in [-0.25, -0.2) is 13.1 Å². The zero-order valence-electron chi connectivity index (χ0n) is 13.7. The highest BCUT2D eigenvalue weighted by molar-refractivity contribution is 7.89. The van der Waals surface area contributed by atoms with Gasteiger partial charge < -0.3 is 5.32 Å². The van der Waals surface area contributed by atoms with Gasteiger partial charge in [-0.1, -0.05) is 26.0 Å². The molecule has 0 aliphatic heterocycles. The number of nitrogens with one attached hydrogen (secondary N) is 2. The van der Waals surface area contributed by atoms with E-state index in [0.717, 1.165) is 24.9 Å². The van der Waals surface area contributed by atoms with Crippen LogP contribution < -0.4 is 10.0 Å². The summed E-state index contributed by atoms with van der Waals surface area (Å²) >= 11 is 0. The van der Waals surface area contributed by atoms with Gasteiger partial charge in [0.15, 0.2) is 0 Å². The highest BCUT2D eigenvalue weighted by atomic mass is 32.2. The molecule has 0 saturated heterocycles. The summed E-state index contributed by atoms with van der Waals surface area (Å²) in [5.74, 6) is 0. The smallest absolute Gasteiger partial charge is 0.241 e. The molecular formula is C16H28N2O2S. The number of hydrogen-bond donors (Lipinski definition) is 2. The Bertz CT molecular complexity index is 528. The molecule has 1 aromatic rings. The van der Waals surface area contributed by atoms with Gasteiger partial charge >= 0.3 is 0 Å². The van der Waals surface area contributed by atoms with Crippen molar-refractivity contribution < 1.29 is 8.42 Å². The predicted octanol–water partition coefficient (Wildman–Crippen LogP) is 2.69. The van der Waals surface area contributed by atoms with Gasteiger partial charge in [-0.05, 0) is 57.9 Å². The number of hydrogen-bond acceptors (Lipinski definition) is 3. The van der Waals surface area contributed by atoms with Gasteiger partial charge in [-0.2, -0.15) is 0 Å². The van der Waals surface area contributed by atoms with Gasteiger partial charge in [0, 0.05) is 11.6 Å². The van der Waals surface area contributed by atoms with E-state index in [1.165, 1.54) is 0 Å². The fourth-order valence-corrected chi connectivity index (χ4v) is 3.40. The zero-order chi connectivity index (χ0) is 16.1. The fourth-order valence-electron chi connectivity index (χ4n) is 1.98. The standard InChI is InChI=1S/C16H28N2O2S/c1-13(2)17-12-6-7-14-8-10-15(11-9-14)21(19,20)18-16(3,4)5/h8-11,13,17-18H,6-7,12H2,1-5H3. The van der Waals surface area contributed by atoms with Crippen LogP contribution in [-0.4, -0.2) is 26.5 Å². The Hall–Kier alpha value is -0.910. The lowest BCUT2D eigenvalue weighted by atomic mass is 10.1. The van der Waals surface area contributed by atoms with E-state index < -0.39 is 15.6 Å². The van der Waals surface area contributed by atoms with E-state index in [1.54, 1.807) is 12.1 Å². The van der Waals surface area contributed by atoms with Gasteiger partial charge in [0.25, 0.3) is 0 Å². The molecule has 1 aromatic carbocycles. The highest BCUT2D eigenvalue weighted by Crippen LogP contribution is 2.14. The lowest BCUT2D eigenvalue weighted by Crippen LogP contribution is -2.40. The fraction of sp³-hybridized carbons (Fsp3) is 0.625. The third kappa shape index (κ3) is 7.07. The first-order valence-electron chi connectivity index (χ1n) is 7.46. The van der Waals surface area contributed by atoms with E-state index in [2.05, 4.69) is 23.9 Å². The van der Waals surface area contributed by atoms with Crippen LogP contribution in [0.4, 0.5) is 0 Å². The molecule has 0 spiro atoms. The summed E-state index contributed by atoms with van der Waals surface area (Å²) in [6, 6.07) is 7.65. The quantitative estimate of drug-likeness (QED) is 0.761. The van der Waals surface area contributed by atoms with Crippen molar-refractivity contribution in [3.8, 4) is 0 Å². The van der Waals surface area contributed by atoms with Crippen molar-refractivity contribution >= 4 is 10.0 Å². The summed E-state index contributed by atoms with van der Waals surface area (Å²) in [6.07, 6.45) is 2.00. The molecule has 0 atom stereocenters. The van der Waals surface area contributed by atoms with Gasteiger partial charge in [-0.3, -0.25) is 0 Å². The topological polar surface area (TPSA) is 58.2 Å². The van der Waals surface area contributed by atoms with Gasteiger partial charge in [-0.15, -0.1) is 0 Å². The molecule has 0 aromatic heterocycles. The van der Waals surface area contributed by atoms with E-state index in [1.807, 2.05) is 32.9 Å². The second-order valence-corrected chi connectivity index (χ2v) is 8.39. The molecule has 0 radical (unpaired) electrons. The molecule has 4 nitrogen and oxygen atoms in total. The Morgan fingerprint density at radius 3 is 2.14 bits per heavy atom. The zero-order valence-corrected chi connectivity index (χ0v) is 14.5. The first kappa shape index (κ1) is 18.1. The molecule has 0 bridgehead atoms. The van der Waals surface area contributed by atoms with Crippen molar-refractivity contribution in [2.24, 2.45) is 0 Å². The van der Waals surface area contributed by atoms with E-state index in [9.17, 15) is 8.42 Å². The summed E-state index contributed by atoms with van der Waals surface area (Å²) in [7, 11) is -3.43. The molecular weight excluding hydrogens is 284 g/mol. The third-order valence-electron chi connectivity index (χ3n) is 2.87. The second-order valence-electron chi connectivity index (χ2n) is 6.71. The maximum atomic E-state index is 12.2. The van der Waals surface area contributed by atoms with Crippen LogP contribution in [0.25, 0.3) is 0 Å². The molecule has 120 valence electrons. The van der Waals surface area contributed by atoms with E-state index in [0.29, 0.717) is 10.9 Å². The molecule has 1 rings (SSSR count). The number of sulfonamides is 1. The van der Waals surface area contributed by atoms with Crippen LogP contribution in [0.15, 0.2) is 29.2 Å². The molecule has 0 aliphatic rings. The lowest BCUT2D eigenvalue weighted by Gasteiger charge is -2.20. The molecule has 0 amide bonds. The second kappa shape index (κ2) is 7.38. The van der Waals surface area contributed by atoms with Crippen molar-refractivity contribution in [1.29, 1.82) is 0 Å². The van der Waals surface area contributed by atoms with E-state index >= 15 is 0 Å². The minimum atomic E-state index is -3.43. The minimum Gasteiger partial charge on any atom is -0.315 e. The molecule has 0 aliphatic carbocycles. The Morgan fingerprint density at radius 1 is 1.10 bits per heavy atom. The number of benzene rings is 1. The Kier molecular flexibility index (Phi) is 6.38. The van der Waals surface area contributed by atoms with Crippen LogP contribution in [0, 0.1) is 0 Å². The van der Waals surface area contributed by atoms with E-state index in [4.69, 9.17) is 0 Å². The van der Waals surface area contributed by atoms with Crippen LogP contribution in [-0.2, 0) is 16.4 Å². The average molecular weight is 312 g/mol. The number of rotatable bonds is 7. The van der Waals surface area contributed by atoms with E-state index in [-0.39, 0.29) is 0 Å². The average Bonchev–Trinajstić information content (AvgIpc) is 2.32. The van der Waals surface area contributed by atoms with Crippen molar-refractivity contribution in [2.45, 2.75) is 63.9 Å². The van der Waals surface area contributed by atoms with Crippen LogP contribution in [0.5, 0.6) is 0 Å². The summed E-state index contributed by atoms with van der Waals surface area (Å²) in [5, 5.41) is 3.37. The normalized spacial score (nSPS) is 12.9. The minimum absolute atomic E-state index is 0.321. The largest absolute Gasteiger partial charge is 0.315 e. The summed E-state index contributed by atoms with van der Waals surface area (Å²) in [6.45, 7) is 10.7. The van der Waals surface area contributed by atoms with Crippen molar-refractivity contribution in [3.63, 3.8) is 0 Å². The van der Waals surface area contributed by atoms with Crippen LogP contribution in [0.1, 0.15) is 46.6 Å². The number of aryl methyl sites for hydroxylation is 1. The van der Waals surface area contributed by atoms with Gasteiger partial charge in [0.1, 0.15) is 0 Å².